The number of rotatable bonds is 9. The smallest absolute Gasteiger partial charge is 0.339 e. The predicted molar refractivity (Wildman–Crippen MR) is 319 cm³/mol. The fraction of sp³-hybridized carbons (Fsp3) is 0.743. The van der Waals surface area contributed by atoms with E-state index < -0.39 is 86.6 Å². The third-order valence-electron chi connectivity index (χ3n) is 30.8. The zero-order valence-corrected chi connectivity index (χ0v) is 51.2. The van der Waals surface area contributed by atoms with E-state index in [2.05, 4.69) is 84.9 Å². The number of hydrogen-bond donors (Lipinski definition) is 4. The lowest BCUT2D eigenvalue weighted by molar-refractivity contribution is -0.301. The molecule has 19 rings (SSSR count). The monoisotopic (exact) mass is 1180 g/mol. The number of fused-ring (bicyclic) bond motifs is 5. The number of ketones is 1. The Morgan fingerprint density at radius 1 is 0.851 bits per heavy atom. The highest BCUT2D eigenvalue weighted by atomic mass is 16.7. The number of Topliss-reactive ketones (excluding diaryl/α,β-unsaturated/α-hetero) is 1. The molecule has 0 radical (unpaired) electrons. The van der Waals surface area contributed by atoms with Crippen LogP contribution in [0, 0.1) is 116 Å². The van der Waals surface area contributed by atoms with E-state index in [-0.39, 0.29) is 71.8 Å². The fourth-order valence-electron chi connectivity index (χ4n) is 28.3. The summed E-state index contributed by atoms with van der Waals surface area (Å²) in [5.41, 5.74) is -4.25. The Morgan fingerprint density at radius 3 is 2.59 bits per heavy atom. The van der Waals surface area contributed by atoms with Gasteiger partial charge in [-0.15, -0.1) is 0 Å². The molecule has 13 heteroatoms. The highest BCUT2D eigenvalue weighted by molar-refractivity contribution is 5.94. The maximum atomic E-state index is 17.7. The molecule has 17 aliphatic rings. The van der Waals surface area contributed by atoms with Crippen LogP contribution in [0.4, 0.5) is 0 Å². The Kier molecular flexibility index (Phi) is 11.5. The summed E-state index contributed by atoms with van der Waals surface area (Å²) in [6, 6.07) is 13.2. The van der Waals surface area contributed by atoms with Crippen LogP contribution in [0.3, 0.4) is 0 Å². The third kappa shape index (κ3) is 6.35. The minimum absolute atomic E-state index is 0.0599. The summed E-state index contributed by atoms with van der Waals surface area (Å²) in [5.74, 6) is 0.280. The SMILES string of the molecule is CC1C2CCCC2C=CC12CCCC13OC45C(=CC21)CC1CCCC12CC1CC6(C)C(c7ccoc7CC(C(O)CO)C7CCC8C(C=CN9CNCC89)C7)OC(=O)C7OC76C6(C7CCCC(Cc8ccccc8)C7)C(O)C(=O)C3C4(COC(=O)C25)C16. The van der Waals surface area contributed by atoms with E-state index in [0.29, 0.717) is 60.7 Å². The lowest BCUT2D eigenvalue weighted by Gasteiger charge is -2.73. The van der Waals surface area contributed by atoms with Crippen LogP contribution in [0.1, 0.15) is 159 Å². The lowest BCUT2D eigenvalue weighted by atomic mass is 9.29. The van der Waals surface area contributed by atoms with Crippen molar-refractivity contribution in [2.45, 2.75) is 196 Å². The highest BCUT2D eigenvalue weighted by Gasteiger charge is 2.99. The number of cyclic esters (lactones) is 2. The fourth-order valence-corrected chi connectivity index (χ4v) is 28.3. The summed E-state index contributed by atoms with van der Waals surface area (Å²) in [6.45, 7) is 6.34. The molecule has 28 atom stereocenters. The van der Waals surface area contributed by atoms with Crippen molar-refractivity contribution >= 4 is 17.7 Å². The van der Waals surface area contributed by atoms with E-state index in [1.165, 1.54) is 30.4 Å². The van der Waals surface area contributed by atoms with Gasteiger partial charge in [-0.3, -0.25) is 14.9 Å². The average Bonchev–Trinajstić information content (AvgIpc) is 1.43. The van der Waals surface area contributed by atoms with Gasteiger partial charge in [0.15, 0.2) is 11.9 Å². The van der Waals surface area contributed by atoms with E-state index in [1.807, 2.05) is 6.07 Å². The van der Waals surface area contributed by atoms with Crippen LogP contribution in [-0.2, 0) is 46.2 Å². The van der Waals surface area contributed by atoms with Crippen LogP contribution in [0.2, 0.25) is 0 Å². The van der Waals surface area contributed by atoms with Gasteiger partial charge in [0.05, 0.1) is 48.5 Å². The van der Waals surface area contributed by atoms with E-state index in [0.717, 1.165) is 115 Å². The maximum Gasteiger partial charge on any atom is 0.339 e. The minimum atomic E-state index is -1.50. The van der Waals surface area contributed by atoms with Crippen molar-refractivity contribution in [1.82, 2.24) is 10.2 Å². The summed E-state index contributed by atoms with van der Waals surface area (Å²) in [5, 5.41) is 41.4. The van der Waals surface area contributed by atoms with Crippen LogP contribution in [-0.4, -0.2) is 106 Å². The van der Waals surface area contributed by atoms with Crippen LogP contribution in [0.5, 0.6) is 0 Å². The number of carbonyl (C=O) groups is 3. The van der Waals surface area contributed by atoms with Crippen LogP contribution in [0.25, 0.3) is 0 Å². The minimum Gasteiger partial charge on any atom is -0.469 e. The Balaban J connectivity index is 0.803. The number of aliphatic hydroxyl groups excluding tert-OH is 3. The van der Waals surface area contributed by atoms with Crippen molar-refractivity contribution in [3.8, 4) is 0 Å². The second-order valence-corrected chi connectivity index (χ2v) is 33.0. The van der Waals surface area contributed by atoms with Gasteiger partial charge in [-0.2, -0.15) is 0 Å². The molecule has 5 saturated heterocycles. The number of nitrogens with one attached hydrogen (secondary N) is 1. The quantitative estimate of drug-likeness (QED) is 0.106. The molecule has 6 spiro atoms. The molecule has 2 aromatic rings. The van der Waals surface area contributed by atoms with Gasteiger partial charge in [-0.25, -0.2) is 4.79 Å². The number of ether oxygens (including phenoxy) is 4. The number of esters is 2. The van der Waals surface area contributed by atoms with Gasteiger partial charge in [0.25, 0.3) is 0 Å². The highest BCUT2D eigenvalue weighted by Crippen LogP contribution is 2.91. The first kappa shape index (κ1) is 54.6. The zero-order chi connectivity index (χ0) is 58.6. The molecule has 0 amide bonds. The Labute approximate surface area is 512 Å². The molecule has 5 bridgehead atoms. The van der Waals surface area contributed by atoms with Gasteiger partial charge >= 0.3 is 11.9 Å². The van der Waals surface area contributed by atoms with Gasteiger partial charge in [0.1, 0.15) is 35.8 Å². The average molecular weight is 1190 g/mol. The van der Waals surface area contributed by atoms with Crippen LogP contribution in [0.15, 0.2) is 83.2 Å². The first-order valence-electron chi connectivity index (χ1n) is 35.2. The molecule has 4 N–H and O–H groups in total. The molecular weight excluding hydrogens is 1090 g/mol. The molecule has 7 aliphatic heterocycles. The summed E-state index contributed by atoms with van der Waals surface area (Å²) in [4.78, 5) is 51.9. The Hall–Kier alpha value is -4.11. The predicted octanol–water partition coefficient (Wildman–Crippen LogP) is 10.2. The molecule has 1 aromatic carbocycles. The van der Waals surface area contributed by atoms with E-state index >= 15 is 14.4 Å². The summed E-state index contributed by atoms with van der Waals surface area (Å²) < 4.78 is 37.2. The topological polar surface area (TPSA) is 181 Å². The zero-order valence-electron chi connectivity index (χ0n) is 51.2. The summed E-state index contributed by atoms with van der Waals surface area (Å²) in [6.07, 6.45) is 28.7. The molecule has 9 saturated carbocycles. The van der Waals surface area contributed by atoms with E-state index in [9.17, 15) is 15.3 Å². The van der Waals surface area contributed by atoms with Gasteiger partial charge in [0, 0.05) is 46.7 Å². The number of epoxide rings is 1. The first-order chi connectivity index (χ1) is 42.2. The maximum absolute atomic E-state index is 17.7. The van der Waals surface area contributed by atoms with E-state index in [4.69, 9.17) is 23.4 Å². The van der Waals surface area contributed by atoms with Crippen molar-refractivity contribution in [1.29, 1.82) is 0 Å². The first-order valence-corrected chi connectivity index (χ1v) is 35.2. The second-order valence-electron chi connectivity index (χ2n) is 33.0. The number of carbonyl (C=O) groups excluding carboxylic acids is 3. The van der Waals surface area contributed by atoms with Crippen LogP contribution >= 0.6 is 0 Å². The number of nitrogens with zero attached hydrogens (tertiary/aromatic N) is 1. The second kappa shape index (κ2) is 18.3. The van der Waals surface area contributed by atoms with E-state index in [1.54, 1.807) is 6.26 Å². The molecule has 464 valence electrons. The van der Waals surface area contributed by atoms with Crippen LogP contribution < -0.4 is 5.32 Å². The summed E-state index contributed by atoms with van der Waals surface area (Å²) in [7, 11) is 0. The standard InChI is InChI=1S/C74H92N2O11/c1-40-50-16-7-13-43(50)19-25-68(40)23-9-24-71-57(68)32-49-31-47-15-8-22-69(47)35-46-34-67(2)63(52-21-27-83-56(52)33-53(55(78)37-77)44-17-18-51-45(30-44)20-26-76-39-75-36-54(51)76)85-66(82)64-74(67,86-64)72(48-14-6-12-42(29-48)28-41-10-4-3-5-11-41)59(46)70(60(71)58(79)62(72)80)38-84-65(81)61(69)73(49,70)87-71/h3-5,10-11,19-21,25-27,32,40,42-48,50-51,53-55,57,59-64,75,77-78,80H,6-9,12-18,22-24,28-31,33-39H2,1-2H3. The van der Waals surface area contributed by atoms with Crippen molar-refractivity contribution in [3.63, 3.8) is 0 Å². The van der Waals surface area contributed by atoms with Gasteiger partial charge in [-0.05, 0) is 203 Å². The number of aliphatic hydroxyl groups is 3. The molecule has 1 aromatic heterocycles. The lowest BCUT2D eigenvalue weighted by Crippen LogP contribution is -2.82. The number of furan rings is 1. The number of benzene rings is 1. The van der Waals surface area contributed by atoms with Gasteiger partial charge in [-0.1, -0.05) is 94.2 Å². The normalized spacial score (nSPS) is 53.5. The molecular formula is C74H92N2O11. The van der Waals surface area contributed by atoms with Crippen molar-refractivity contribution in [3.05, 3.63) is 95.6 Å². The van der Waals surface area contributed by atoms with Crippen molar-refractivity contribution < 1.29 is 53.1 Å². The largest absolute Gasteiger partial charge is 0.469 e. The summed E-state index contributed by atoms with van der Waals surface area (Å²) >= 11 is 0. The molecule has 14 fully saturated rings. The van der Waals surface area contributed by atoms with Crippen molar-refractivity contribution in [2.24, 2.45) is 116 Å². The molecule has 28 unspecified atom stereocenters. The molecule has 13 nitrogen and oxygen atoms in total. The molecule has 87 heavy (non-hydrogen) atoms. The van der Waals surface area contributed by atoms with Gasteiger partial charge < -0.3 is 43.6 Å². The molecule has 10 aliphatic carbocycles. The van der Waals surface area contributed by atoms with Gasteiger partial charge in [0.2, 0.25) is 0 Å². The Morgan fingerprint density at radius 2 is 1.71 bits per heavy atom. The number of allylic oxidation sites excluding steroid dienone is 3. The number of hydrogen-bond acceptors (Lipinski definition) is 13. The third-order valence-corrected chi connectivity index (χ3v) is 30.8. The molecule has 8 heterocycles. The Bertz CT molecular complexity index is 3320. The van der Waals surface area contributed by atoms with Crippen molar-refractivity contribution in [2.75, 3.05) is 26.4 Å².